The number of hydrogen-bond donors (Lipinski definition) is 2. The molecule has 0 spiro atoms. The number of nitrogens with one attached hydrogen (secondary N) is 2. The standard InChI is InChI=1S/C15H12FN3O2/c16-12-3-4-15(19(20)21)14(8-12)18-9-10-1-2-11-5-6-17-13(11)7-10/h1-8,17-18H,9H2. The van der Waals surface area contributed by atoms with Gasteiger partial charge in [-0.05, 0) is 29.1 Å². The molecule has 0 amide bonds. The third kappa shape index (κ3) is 2.69. The van der Waals surface area contributed by atoms with Gasteiger partial charge in [-0.2, -0.15) is 0 Å². The van der Waals surface area contributed by atoms with Crippen LogP contribution in [0.5, 0.6) is 0 Å². The van der Waals surface area contributed by atoms with Crippen LogP contribution in [0.3, 0.4) is 0 Å². The Morgan fingerprint density at radius 3 is 2.86 bits per heavy atom. The molecule has 0 unspecified atom stereocenters. The van der Waals surface area contributed by atoms with Gasteiger partial charge in [-0.25, -0.2) is 4.39 Å². The Morgan fingerprint density at radius 1 is 1.19 bits per heavy atom. The Morgan fingerprint density at radius 2 is 2.05 bits per heavy atom. The lowest BCUT2D eigenvalue weighted by Gasteiger charge is -2.07. The summed E-state index contributed by atoms with van der Waals surface area (Å²) < 4.78 is 13.2. The summed E-state index contributed by atoms with van der Waals surface area (Å²) in [5.41, 5.74) is 1.97. The molecule has 0 radical (unpaired) electrons. The number of nitro groups is 1. The molecular formula is C15H12FN3O2. The largest absolute Gasteiger partial charge is 0.375 e. The SMILES string of the molecule is O=[N+]([O-])c1ccc(F)cc1NCc1ccc2cc[nH]c2c1. The maximum atomic E-state index is 13.2. The van der Waals surface area contributed by atoms with E-state index in [0.29, 0.717) is 6.54 Å². The van der Waals surface area contributed by atoms with Crippen molar-refractivity contribution in [1.82, 2.24) is 4.98 Å². The first-order valence-corrected chi connectivity index (χ1v) is 6.37. The molecule has 0 aliphatic heterocycles. The third-order valence-corrected chi connectivity index (χ3v) is 3.26. The molecule has 3 rings (SSSR count). The zero-order valence-corrected chi connectivity index (χ0v) is 11.0. The lowest BCUT2D eigenvalue weighted by atomic mass is 10.1. The number of nitro benzene ring substituents is 1. The zero-order valence-electron chi connectivity index (χ0n) is 11.0. The number of H-pyrrole nitrogens is 1. The van der Waals surface area contributed by atoms with Gasteiger partial charge < -0.3 is 10.3 Å². The molecule has 2 aromatic carbocycles. The number of halogens is 1. The third-order valence-electron chi connectivity index (χ3n) is 3.26. The van der Waals surface area contributed by atoms with Gasteiger partial charge in [-0.3, -0.25) is 10.1 Å². The topological polar surface area (TPSA) is 71.0 Å². The minimum Gasteiger partial charge on any atom is -0.375 e. The van der Waals surface area contributed by atoms with Crippen molar-refractivity contribution in [2.75, 3.05) is 5.32 Å². The molecule has 1 aromatic heterocycles. The second-order valence-corrected chi connectivity index (χ2v) is 4.67. The van der Waals surface area contributed by atoms with E-state index >= 15 is 0 Å². The number of rotatable bonds is 4. The minimum absolute atomic E-state index is 0.141. The highest BCUT2D eigenvalue weighted by atomic mass is 19.1. The molecule has 0 saturated carbocycles. The first-order valence-electron chi connectivity index (χ1n) is 6.37. The lowest BCUT2D eigenvalue weighted by molar-refractivity contribution is -0.384. The van der Waals surface area contributed by atoms with Gasteiger partial charge >= 0.3 is 0 Å². The van der Waals surface area contributed by atoms with Crippen LogP contribution in [0.2, 0.25) is 0 Å². The Hall–Kier alpha value is -2.89. The number of hydrogen-bond acceptors (Lipinski definition) is 3. The van der Waals surface area contributed by atoms with Gasteiger partial charge in [0.25, 0.3) is 5.69 Å². The number of aromatic nitrogens is 1. The van der Waals surface area contributed by atoms with Gasteiger partial charge in [0.2, 0.25) is 0 Å². The van der Waals surface area contributed by atoms with Crippen molar-refractivity contribution in [1.29, 1.82) is 0 Å². The monoisotopic (exact) mass is 285 g/mol. The average molecular weight is 285 g/mol. The van der Waals surface area contributed by atoms with Gasteiger partial charge in [-0.15, -0.1) is 0 Å². The fourth-order valence-corrected chi connectivity index (χ4v) is 2.21. The van der Waals surface area contributed by atoms with Crippen LogP contribution in [0.4, 0.5) is 15.8 Å². The number of aromatic amines is 1. The summed E-state index contributed by atoms with van der Waals surface area (Å²) in [6.07, 6.45) is 1.85. The highest BCUT2D eigenvalue weighted by molar-refractivity contribution is 5.80. The van der Waals surface area contributed by atoms with Crippen molar-refractivity contribution in [2.45, 2.75) is 6.54 Å². The van der Waals surface area contributed by atoms with E-state index in [1.165, 1.54) is 0 Å². The van der Waals surface area contributed by atoms with Crippen LogP contribution in [0, 0.1) is 15.9 Å². The molecule has 0 aliphatic rings. The summed E-state index contributed by atoms with van der Waals surface area (Å²) in [6, 6.07) is 11.2. The Balaban J connectivity index is 1.83. The number of fused-ring (bicyclic) bond motifs is 1. The van der Waals surface area contributed by atoms with Crippen molar-refractivity contribution in [3.8, 4) is 0 Å². The first-order chi connectivity index (χ1) is 10.1. The van der Waals surface area contributed by atoms with E-state index in [1.807, 2.05) is 30.5 Å². The summed E-state index contributed by atoms with van der Waals surface area (Å²) in [7, 11) is 0. The van der Waals surface area contributed by atoms with Crippen molar-refractivity contribution in [3.05, 3.63) is 70.2 Å². The molecule has 0 fully saturated rings. The van der Waals surface area contributed by atoms with Gasteiger partial charge in [0.15, 0.2) is 0 Å². The molecule has 106 valence electrons. The van der Waals surface area contributed by atoms with Crippen LogP contribution >= 0.6 is 0 Å². The maximum absolute atomic E-state index is 13.2. The Labute approximate surface area is 119 Å². The van der Waals surface area contributed by atoms with Crippen molar-refractivity contribution in [2.24, 2.45) is 0 Å². The van der Waals surface area contributed by atoms with E-state index in [2.05, 4.69) is 10.3 Å². The predicted octanol–water partition coefficient (Wildman–Crippen LogP) is 3.83. The van der Waals surface area contributed by atoms with E-state index in [0.717, 1.165) is 34.7 Å². The number of nitrogens with zero attached hydrogens (tertiary/aromatic N) is 1. The molecule has 21 heavy (non-hydrogen) atoms. The molecule has 0 atom stereocenters. The second kappa shape index (κ2) is 5.24. The van der Waals surface area contributed by atoms with Gasteiger partial charge in [0.1, 0.15) is 11.5 Å². The van der Waals surface area contributed by atoms with E-state index in [4.69, 9.17) is 0 Å². The van der Waals surface area contributed by atoms with E-state index in [-0.39, 0.29) is 11.4 Å². The van der Waals surface area contributed by atoms with E-state index in [1.54, 1.807) is 0 Å². The molecule has 1 heterocycles. The Bertz CT molecular complexity index is 814. The molecule has 0 saturated heterocycles. The summed E-state index contributed by atoms with van der Waals surface area (Å²) >= 11 is 0. The number of anilines is 1. The molecule has 0 bridgehead atoms. The van der Waals surface area contributed by atoms with Gasteiger partial charge in [0.05, 0.1) is 4.92 Å². The molecule has 5 nitrogen and oxygen atoms in total. The van der Waals surface area contributed by atoms with Crippen LogP contribution in [0.25, 0.3) is 10.9 Å². The van der Waals surface area contributed by atoms with Gasteiger partial charge in [-0.1, -0.05) is 12.1 Å². The number of benzene rings is 2. The predicted molar refractivity (Wildman–Crippen MR) is 78.7 cm³/mol. The average Bonchev–Trinajstić information content (AvgIpc) is 2.92. The summed E-state index contributed by atoms with van der Waals surface area (Å²) in [5, 5.41) is 14.9. The summed E-state index contributed by atoms with van der Waals surface area (Å²) in [6.45, 7) is 0.374. The van der Waals surface area contributed by atoms with Crippen molar-refractivity contribution in [3.63, 3.8) is 0 Å². The van der Waals surface area contributed by atoms with E-state index < -0.39 is 10.7 Å². The normalized spacial score (nSPS) is 10.7. The fraction of sp³-hybridized carbons (Fsp3) is 0.0667. The first kappa shape index (κ1) is 13.1. The molecule has 0 aliphatic carbocycles. The Kier molecular flexibility index (Phi) is 3.27. The van der Waals surface area contributed by atoms with Crippen LogP contribution in [-0.2, 0) is 6.54 Å². The lowest BCUT2D eigenvalue weighted by Crippen LogP contribution is -2.03. The highest BCUT2D eigenvalue weighted by Crippen LogP contribution is 2.25. The zero-order chi connectivity index (χ0) is 14.8. The molecule has 3 aromatic rings. The highest BCUT2D eigenvalue weighted by Gasteiger charge is 2.14. The summed E-state index contributed by atoms with van der Waals surface area (Å²) in [5.74, 6) is -0.511. The molecule has 6 heteroatoms. The maximum Gasteiger partial charge on any atom is 0.292 e. The summed E-state index contributed by atoms with van der Waals surface area (Å²) in [4.78, 5) is 13.5. The smallest absolute Gasteiger partial charge is 0.292 e. The van der Waals surface area contributed by atoms with Gasteiger partial charge in [0, 0.05) is 30.4 Å². The van der Waals surface area contributed by atoms with E-state index in [9.17, 15) is 14.5 Å². The minimum atomic E-state index is -0.532. The van der Waals surface area contributed by atoms with Crippen LogP contribution in [-0.4, -0.2) is 9.91 Å². The van der Waals surface area contributed by atoms with Crippen LogP contribution < -0.4 is 5.32 Å². The van der Waals surface area contributed by atoms with Crippen molar-refractivity contribution >= 4 is 22.3 Å². The van der Waals surface area contributed by atoms with Crippen LogP contribution in [0.15, 0.2) is 48.7 Å². The second-order valence-electron chi connectivity index (χ2n) is 4.67. The molecule has 2 N–H and O–H groups in total. The fourth-order valence-electron chi connectivity index (χ4n) is 2.21. The quantitative estimate of drug-likeness (QED) is 0.565. The van der Waals surface area contributed by atoms with Crippen LogP contribution in [0.1, 0.15) is 5.56 Å². The van der Waals surface area contributed by atoms with Crippen molar-refractivity contribution < 1.29 is 9.31 Å². The molecular weight excluding hydrogens is 273 g/mol.